The lowest BCUT2D eigenvalue weighted by atomic mass is 9.97. The van der Waals surface area contributed by atoms with Crippen molar-refractivity contribution in [3.05, 3.63) is 93.2 Å². The lowest BCUT2D eigenvalue weighted by molar-refractivity contribution is 0.386. The first kappa shape index (κ1) is 24.1. The van der Waals surface area contributed by atoms with Crippen molar-refractivity contribution in [2.75, 3.05) is 12.8 Å². The zero-order valence-corrected chi connectivity index (χ0v) is 21.8. The zero-order valence-electron chi connectivity index (χ0n) is 20.2. The second-order valence-corrected chi connectivity index (χ2v) is 9.93. The molecule has 0 saturated heterocycles. The minimum absolute atomic E-state index is 0.117. The number of rotatable bonds is 5. The minimum Gasteiger partial charge on any atom is -0.494 e. The fourth-order valence-corrected chi connectivity index (χ4v) is 5.85. The van der Waals surface area contributed by atoms with E-state index in [-0.39, 0.29) is 17.1 Å². The molecule has 0 radical (unpaired) electrons. The second-order valence-electron chi connectivity index (χ2n) is 8.65. The molecule has 0 amide bonds. The van der Waals surface area contributed by atoms with E-state index in [1.807, 2.05) is 43.3 Å². The summed E-state index contributed by atoms with van der Waals surface area (Å²) in [5.74, 6) is -0.204. The molecule has 1 unspecified atom stereocenters. The van der Waals surface area contributed by atoms with Crippen LogP contribution in [0.25, 0.3) is 38.2 Å². The average Bonchev–Trinajstić information content (AvgIpc) is 3.50. The van der Waals surface area contributed by atoms with Gasteiger partial charge in [-0.05, 0) is 42.3 Å². The van der Waals surface area contributed by atoms with Gasteiger partial charge in [-0.1, -0.05) is 41.9 Å². The van der Waals surface area contributed by atoms with Crippen molar-refractivity contribution in [2.24, 2.45) is 0 Å². The van der Waals surface area contributed by atoms with Crippen LogP contribution in [0.5, 0.6) is 5.75 Å². The van der Waals surface area contributed by atoms with Crippen molar-refractivity contribution in [2.45, 2.75) is 13.0 Å². The molecule has 2 aromatic carbocycles. The van der Waals surface area contributed by atoms with E-state index in [0.717, 1.165) is 11.1 Å². The Morgan fingerprint density at radius 2 is 1.89 bits per heavy atom. The number of methoxy groups -OCH3 is 1. The van der Waals surface area contributed by atoms with Crippen molar-refractivity contribution in [3.63, 3.8) is 0 Å². The van der Waals surface area contributed by atoms with Gasteiger partial charge in [0.1, 0.15) is 27.8 Å². The molecule has 0 aliphatic rings. The van der Waals surface area contributed by atoms with Gasteiger partial charge in [-0.25, -0.2) is 19.0 Å². The van der Waals surface area contributed by atoms with Crippen LogP contribution in [-0.2, 0) is 0 Å². The molecular weight excluding hydrogens is 527 g/mol. The summed E-state index contributed by atoms with van der Waals surface area (Å²) in [6.07, 6.45) is 1.36. The number of nitrogens with zero attached hydrogens (tertiary/aromatic N) is 5. The molecule has 38 heavy (non-hydrogen) atoms. The fourth-order valence-electron chi connectivity index (χ4n) is 4.69. The topological polar surface area (TPSA) is 100 Å². The summed E-state index contributed by atoms with van der Waals surface area (Å²) >= 11 is 7.75. The lowest BCUT2D eigenvalue weighted by Gasteiger charge is -2.18. The third kappa shape index (κ3) is 3.72. The molecule has 0 saturated carbocycles. The van der Waals surface area contributed by atoms with E-state index < -0.39 is 11.9 Å². The Morgan fingerprint density at radius 1 is 1.11 bits per heavy atom. The third-order valence-corrected chi connectivity index (χ3v) is 7.81. The molecule has 0 aliphatic carbocycles. The Labute approximate surface area is 224 Å². The minimum atomic E-state index is -0.532. The maximum absolute atomic E-state index is 14.6. The highest BCUT2D eigenvalue weighted by molar-refractivity contribution is 7.16. The zero-order chi connectivity index (χ0) is 26.6. The predicted octanol–water partition coefficient (Wildman–Crippen LogP) is 5.83. The van der Waals surface area contributed by atoms with Gasteiger partial charge in [0.05, 0.1) is 24.1 Å². The van der Waals surface area contributed by atoms with Gasteiger partial charge in [0, 0.05) is 10.9 Å². The number of nitrogens with two attached hydrogens (primary N) is 1. The summed E-state index contributed by atoms with van der Waals surface area (Å²) < 4.78 is 22.9. The highest BCUT2D eigenvalue weighted by Crippen LogP contribution is 2.37. The van der Waals surface area contributed by atoms with Crippen LogP contribution in [0.4, 0.5) is 10.2 Å². The van der Waals surface area contributed by atoms with Crippen LogP contribution < -0.4 is 16.0 Å². The third-order valence-electron chi connectivity index (χ3n) is 6.52. The number of halogens is 2. The lowest BCUT2D eigenvalue weighted by Crippen LogP contribution is -2.20. The van der Waals surface area contributed by atoms with Crippen LogP contribution in [0, 0.1) is 5.82 Å². The molecule has 11 heteroatoms. The number of fused-ring (bicyclic) bond motifs is 2. The smallest absolute Gasteiger partial charge is 0.265 e. The van der Waals surface area contributed by atoms with Gasteiger partial charge in [-0.3, -0.25) is 9.20 Å². The molecule has 0 fully saturated rings. The van der Waals surface area contributed by atoms with Gasteiger partial charge >= 0.3 is 0 Å². The van der Waals surface area contributed by atoms with Gasteiger partial charge in [0.2, 0.25) is 0 Å². The van der Waals surface area contributed by atoms with Gasteiger partial charge in [-0.2, -0.15) is 5.10 Å². The van der Waals surface area contributed by atoms with Crippen molar-refractivity contribution in [1.29, 1.82) is 0 Å². The van der Waals surface area contributed by atoms with Crippen LogP contribution >= 0.6 is 22.9 Å². The molecular formula is C27H20ClFN6O2S. The SMILES string of the molecule is COc1ccc(-c2nn(C(C)c3cc4scc(Cl)n4c(=O)c3-c3ccccc3)c3ncnc(N)c23)cc1F. The summed E-state index contributed by atoms with van der Waals surface area (Å²) in [4.78, 5) is 23.1. The van der Waals surface area contributed by atoms with Crippen molar-refractivity contribution in [3.8, 4) is 28.1 Å². The van der Waals surface area contributed by atoms with Gasteiger partial charge < -0.3 is 10.5 Å². The van der Waals surface area contributed by atoms with Crippen molar-refractivity contribution in [1.82, 2.24) is 24.1 Å². The summed E-state index contributed by atoms with van der Waals surface area (Å²) in [6, 6.07) is 15.5. The Morgan fingerprint density at radius 3 is 2.63 bits per heavy atom. The molecule has 1 atom stereocenters. The summed E-state index contributed by atoms with van der Waals surface area (Å²) in [5, 5.41) is 7.40. The van der Waals surface area contributed by atoms with E-state index in [1.165, 1.54) is 41.3 Å². The maximum Gasteiger partial charge on any atom is 0.265 e. The van der Waals surface area contributed by atoms with Crippen LogP contribution in [0.1, 0.15) is 18.5 Å². The van der Waals surface area contributed by atoms with E-state index >= 15 is 0 Å². The Bertz CT molecular complexity index is 1900. The van der Waals surface area contributed by atoms with Crippen LogP contribution in [0.3, 0.4) is 0 Å². The van der Waals surface area contributed by atoms with E-state index in [1.54, 1.807) is 16.1 Å². The Kier molecular flexibility index (Phi) is 5.85. The first-order chi connectivity index (χ1) is 18.4. The van der Waals surface area contributed by atoms with E-state index in [2.05, 4.69) is 9.97 Å². The number of benzene rings is 2. The number of hydrogen-bond acceptors (Lipinski definition) is 7. The van der Waals surface area contributed by atoms with E-state index in [0.29, 0.717) is 37.8 Å². The standard InChI is InChI=1S/C27H20ClFN6O2S/c1-14(17-11-21-34(20(28)12-38-21)27(36)22(17)15-6-4-3-5-7-15)35-26-23(25(30)31-13-32-26)24(33-35)16-8-9-19(37-2)18(29)10-16/h3-14H,1-2H3,(H2,30,31,32). The fraction of sp³-hybridized carbons (Fsp3) is 0.111. The summed E-state index contributed by atoms with van der Waals surface area (Å²) in [7, 11) is 1.40. The normalized spacial score (nSPS) is 12.3. The van der Waals surface area contributed by atoms with Gasteiger partial charge in [0.15, 0.2) is 17.2 Å². The molecule has 6 aromatic rings. The van der Waals surface area contributed by atoms with Crippen LogP contribution in [0.2, 0.25) is 5.15 Å². The maximum atomic E-state index is 14.6. The number of pyridine rings is 1. The van der Waals surface area contributed by atoms with E-state index in [4.69, 9.17) is 27.2 Å². The van der Waals surface area contributed by atoms with Crippen LogP contribution in [0.15, 0.2) is 71.1 Å². The number of anilines is 1. The molecule has 0 aliphatic heterocycles. The molecule has 4 aromatic heterocycles. The molecule has 8 nitrogen and oxygen atoms in total. The molecule has 2 N–H and O–H groups in total. The molecule has 0 bridgehead atoms. The first-order valence-electron chi connectivity index (χ1n) is 11.6. The number of ether oxygens (including phenoxy) is 1. The molecule has 4 heterocycles. The molecule has 0 spiro atoms. The Balaban J connectivity index is 1.62. The quantitative estimate of drug-likeness (QED) is 0.292. The average molecular weight is 547 g/mol. The second kappa shape index (κ2) is 9.23. The monoisotopic (exact) mass is 546 g/mol. The Hall–Kier alpha value is -4.28. The number of nitrogen functional groups attached to an aromatic ring is 1. The highest BCUT2D eigenvalue weighted by atomic mass is 35.5. The first-order valence-corrected chi connectivity index (χ1v) is 12.9. The number of aromatic nitrogens is 5. The highest BCUT2D eigenvalue weighted by Gasteiger charge is 2.26. The summed E-state index contributed by atoms with van der Waals surface area (Å²) in [5.41, 5.74) is 9.39. The van der Waals surface area contributed by atoms with E-state index in [9.17, 15) is 9.18 Å². The number of thiazole rings is 1. The predicted molar refractivity (Wildman–Crippen MR) is 147 cm³/mol. The number of hydrogen-bond donors (Lipinski definition) is 1. The van der Waals surface area contributed by atoms with Crippen molar-refractivity contribution < 1.29 is 9.13 Å². The molecule has 190 valence electrons. The van der Waals surface area contributed by atoms with Gasteiger partial charge in [0.25, 0.3) is 5.56 Å². The van der Waals surface area contributed by atoms with Gasteiger partial charge in [-0.15, -0.1) is 11.3 Å². The molecule has 6 rings (SSSR count). The largest absolute Gasteiger partial charge is 0.494 e. The van der Waals surface area contributed by atoms with Crippen LogP contribution in [-0.4, -0.2) is 31.3 Å². The summed E-state index contributed by atoms with van der Waals surface area (Å²) in [6.45, 7) is 1.93. The van der Waals surface area contributed by atoms with Crippen molar-refractivity contribution >= 4 is 44.6 Å².